The number of carbonyl (C=O) groups is 1. The quantitative estimate of drug-likeness (QED) is 0.623. The van der Waals surface area contributed by atoms with Crippen molar-refractivity contribution in [1.82, 2.24) is 0 Å². The Morgan fingerprint density at radius 2 is 1.87 bits per heavy atom. The second-order valence-electron chi connectivity index (χ2n) is 5.15. The highest BCUT2D eigenvalue weighted by Crippen LogP contribution is 2.31. The number of Topliss-reactive ketones (excluding diaryl/α,β-unsaturated/α-hetero) is 1. The average molecular weight is 206 g/mol. The van der Waals surface area contributed by atoms with Crippen LogP contribution >= 0.6 is 0 Å². The van der Waals surface area contributed by atoms with Crippen molar-refractivity contribution in [2.75, 3.05) is 0 Å². The van der Waals surface area contributed by atoms with Crippen molar-refractivity contribution >= 4 is 5.78 Å². The number of allylic oxidation sites excluding steroid dienone is 2. The van der Waals surface area contributed by atoms with E-state index in [9.17, 15) is 4.79 Å². The SMILES string of the molecule is O=C1CCC=C(CC2CCCCC2)CC1. The van der Waals surface area contributed by atoms with E-state index in [1.807, 2.05) is 0 Å². The number of hydrogen-bond donors (Lipinski definition) is 0. The highest BCUT2D eigenvalue weighted by atomic mass is 16.1. The second kappa shape index (κ2) is 5.48. The molecule has 0 radical (unpaired) electrons. The fourth-order valence-electron chi connectivity index (χ4n) is 2.91. The topological polar surface area (TPSA) is 17.1 Å². The molecule has 2 aliphatic carbocycles. The van der Waals surface area contributed by atoms with Gasteiger partial charge >= 0.3 is 0 Å². The summed E-state index contributed by atoms with van der Waals surface area (Å²) in [5, 5.41) is 0. The standard InChI is InChI=1S/C14H22O/c15-14-8-4-7-13(9-10-14)11-12-5-2-1-3-6-12/h7,12H,1-6,8-11H2. The van der Waals surface area contributed by atoms with E-state index in [-0.39, 0.29) is 0 Å². The molecule has 0 amide bonds. The van der Waals surface area contributed by atoms with Crippen LogP contribution in [0.3, 0.4) is 0 Å². The Labute approximate surface area is 92.9 Å². The van der Waals surface area contributed by atoms with Crippen LogP contribution in [0.25, 0.3) is 0 Å². The predicted octanol–water partition coefficient (Wildman–Crippen LogP) is 4.03. The first-order chi connectivity index (χ1) is 7.34. The molecule has 84 valence electrons. The van der Waals surface area contributed by atoms with Crippen molar-refractivity contribution < 1.29 is 4.79 Å². The molecule has 0 aromatic carbocycles. The number of carbonyl (C=O) groups excluding carboxylic acids is 1. The van der Waals surface area contributed by atoms with Crippen LogP contribution in [0.5, 0.6) is 0 Å². The second-order valence-corrected chi connectivity index (χ2v) is 5.15. The lowest BCUT2D eigenvalue weighted by Gasteiger charge is -2.22. The van der Waals surface area contributed by atoms with Crippen LogP contribution in [-0.2, 0) is 4.79 Å². The molecule has 0 unspecified atom stereocenters. The normalized spacial score (nSPS) is 24.8. The summed E-state index contributed by atoms with van der Waals surface area (Å²) in [5.41, 5.74) is 1.58. The molecule has 0 atom stereocenters. The van der Waals surface area contributed by atoms with Crippen LogP contribution < -0.4 is 0 Å². The highest BCUT2D eigenvalue weighted by molar-refractivity contribution is 5.79. The minimum atomic E-state index is 0.463. The third-order valence-corrected chi connectivity index (χ3v) is 3.86. The molecule has 2 aliphatic rings. The predicted molar refractivity (Wildman–Crippen MR) is 62.8 cm³/mol. The van der Waals surface area contributed by atoms with E-state index >= 15 is 0 Å². The van der Waals surface area contributed by atoms with Gasteiger partial charge in [0.2, 0.25) is 0 Å². The summed E-state index contributed by atoms with van der Waals surface area (Å²) in [7, 11) is 0. The fraction of sp³-hybridized carbons (Fsp3) is 0.786. The van der Waals surface area contributed by atoms with Crippen molar-refractivity contribution in [3.05, 3.63) is 11.6 Å². The van der Waals surface area contributed by atoms with Gasteiger partial charge in [0.25, 0.3) is 0 Å². The smallest absolute Gasteiger partial charge is 0.133 e. The molecule has 2 rings (SSSR count). The zero-order chi connectivity index (χ0) is 10.5. The zero-order valence-electron chi connectivity index (χ0n) is 9.63. The summed E-state index contributed by atoms with van der Waals surface area (Å²) in [4.78, 5) is 11.3. The molecule has 1 nitrogen and oxygen atoms in total. The highest BCUT2D eigenvalue weighted by Gasteiger charge is 2.16. The Hall–Kier alpha value is -0.590. The largest absolute Gasteiger partial charge is 0.300 e. The minimum Gasteiger partial charge on any atom is -0.300 e. The van der Waals surface area contributed by atoms with Crippen LogP contribution in [0, 0.1) is 5.92 Å². The van der Waals surface area contributed by atoms with Crippen molar-refractivity contribution in [2.24, 2.45) is 5.92 Å². The molecule has 0 saturated heterocycles. The van der Waals surface area contributed by atoms with Gasteiger partial charge in [-0.1, -0.05) is 43.8 Å². The summed E-state index contributed by atoms with van der Waals surface area (Å²) in [5.74, 6) is 1.39. The van der Waals surface area contributed by atoms with Crippen LogP contribution in [0.15, 0.2) is 11.6 Å². The molecule has 1 fully saturated rings. The van der Waals surface area contributed by atoms with Crippen molar-refractivity contribution in [2.45, 2.75) is 64.2 Å². The van der Waals surface area contributed by atoms with E-state index in [0.717, 1.165) is 31.6 Å². The first kappa shape index (κ1) is 10.9. The molecule has 0 aliphatic heterocycles. The third kappa shape index (κ3) is 3.48. The molecule has 0 N–H and O–H groups in total. The molecule has 0 bridgehead atoms. The maximum atomic E-state index is 11.3. The number of hydrogen-bond acceptors (Lipinski definition) is 1. The maximum absolute atomic E-state index is 11.3. The monoisotopic (exact) mass is 206 g/mol. The molecule has 0 aromatic rings. The minimum absolute atomic E-state index is 0.463. The summed E-state index contributed by atoms with van der Waals surface area (Å²) >= 11 is 0. The van der Waals surface area contributed by atoms with Gasteiger partial charge in [-0.25, -0.2) is 0 Å². The lowest BCUT2D eigenvalue weighted by molar-refractivity contribution is -0.118. The van der Waals surface area contributed by atoms with E-state index in [1.165, 1.54) is 38.5 Å². The van der Waals surface area contributed by atoms with Gasteiger partial charge < -0.3 is 0 Å². The first-order valence-electron chi connectivity index (χ1n) is 6.54. The molecule has 1 saturated carbocycles. The van der Waals surface area contributed by atoms with Crippen LogP contribution in [-0.4, -0.2) is 5.78 Å². The van der Waals surface area contributed by atoms with Gasteiger partial charge in [0, 0.05) is 12.8 Å². The zero-order valence-corrected chi connectivity index (χ0v) is 9.63. The Balaban J connectivity index is 1.82. The van der Waals surface area contributed by atoms with Crippen molar-refractivity contribution in [3.63, 3.8) is 0 Å². The summed E-state index contributed by atoms with van der Waals surface area (Å²) < 4.78 is 0. The van der Waals surface area contributed by atoms with Gasteiger partial charge in [-0.2, -0.15) is 0 Å². The molecular formula is C14H22O. The molecule has 0 aromatic heterocycles. The first-order valence-corrected chi connectivity index (χ1v) is 6.54. The van der Waals surface area contributed by atoms with Gasteiger partial charge in [0.1, 0.15) is 5.78 Å². The van der Waals surface area contributed by atoms with Gasteiger partial charge in [0.05, 0.1) is 0 Å². The van der Waals surface area contributed by atoms with Gasteiger partial charge in [-0.15, -0.1) is 0 Å². The van der Waals surface area contributed by atoms with E-state index in [4.69, 9.17) is 0 Å². The van der Waals surface area contributed by atoms with Crippen LogP contribution in [0.1, 0.15) is 64.2 Å². The molecular weight excluding hydrogens is 184 g/mol. The molecule has 1 heteroatoms. The lowest BCUT2D eigenvalue weighted by atomic mass is 9.84. The van der Waals surface area contributed by atoms with E-state index in [2.05, 4.69) is 6.08 Å². The Kier molecular flexibility index (Phi) is 3.99. The van der Waals surface area contributed by atoms with Crippen LogP contribution in [0.2, 0.25) is 0 Å². The molecule has 0 spiro atoms. The van der Waals surface area contributed by atoms with Gasteiger partial charge in [0.15, 0.2) is 0 Å². The number of ketones is 1. The molecule has 0 heterocycles. The van der Waals surface area contributed by atoms with Crippen molar-refractivity contribution in [1.29, 1.82) is 0 Å². The van der Waals surface area contributed by atoms with E-state index < -0.39 is 0 Å². The third-order valence-electron chi connectivity index (χ3n) is 3.86. The Morgan fingerprint density at radius 3 is 2.67 bits per heavy atom. The summed E-state index contributed by atoms with van der Waals surface area (Å²) in [6.45, 7) is 0. The summed E-state index contributed by atoms with van der Waals surface area (Å²) in [6.07, 6.45) is 14.4. The van der Waals surface area contributed by atoms with Gasteiger partial charge in [-0.3, -0.25) is 4.79 Å². The van der Waals surface area contributed by atoms with Gasteiger partial charge in [-0.05, 0) is 25.2 Å². The fourth-order valence-corrected chi connectivity index (χ4v) is 2.91. The summed E-state index contributed by atoms with van der Waals surface area (Å²) in [6, 6.07) is 0. The molecule has 15 heavy (non-hydrogen) atoms. The Bertz CT molecular complexity index is 246. The lowest BCUT2D eigenvalue weighted by Crippen LogP contribution is -2.07. The number of rotatable bonds is 2. The Morgan fingerprint density at radius 1 is 1.07 bits per heavy atom. The van der Waals surface area contributed by atoms with E-state index in [1.54, 1.807) is 5.57 Å². The van der Waals surface area contributed by atoms with Crippen molar-refractivity contribution in [3.8, 4) is 0 Å². The van der Waals surface area contributed by atoms with Crippen LogP contribution in [0.4, 0.5) is 0 Å². The average Bonchev–Trinajstić information content (AvgIpc) is 2.46. The maximum Gasteiger partial charge on any atom is 0.133 e. The van der Waals surface area contributed by atoms with E-state index in [0.29, 0.717) is 5.78 Å².